The lowest BCUT2D eigenvalue weighted by atomic mass is 10.2. The third-order valence-corrected chi connectivity index (χ3v) is 2.38. The minimum absolute atomic E-state index is 0.0609. The van der Waals surface area contributed by atoms with Gasteiger partial charge in [0.25, 0.3) is 0 Å². The number of rotatable bonds is 7. The number of nitrogens with two attached hydrogens (primary N) is 1. The summed E-state index contributed by atoms with van der Waals surface area (Å²) in [6.45, 7) is -1.53. The van der Waals surface area contributed by atoms with E-state index in [1.165, 1.54) is 19.2 Å². The Morgan fingerprint density at radius 3 is 2.62 bits per heavy atom. The maximum atomic E-state index is 11.8. The summed E-state index contributed by atoms with van der Waals surface area (Å²) < 4.78 is 49.7. The highest BCUT2D eigenvalue weighted by Gasteiger charge is 2.27. The fourth-order valence-corrected chi connectivity index (χ4v) is 1.48. The predicted molar refractivity (Wildman–Crippen MR) is 69.2 cm³/mol. The van der Waals surface area contributed by atoms with Gasteiger partial charge >= 0.3 is 12.1 Å². The molecule has 0 amide bonds. The Bertz CT molecular complexity index is 477. The third-order valence-electron chi connectivity index (χ3n) is 2.38. The Morgan fingerprint density at radius 2 is 2.00 bits per heavy atom. The van der Waals surface area contributed by atoms with E-state index < -0.39 is 18.8 Å². The van der Waals surface area contributed by atoms with Gasteiger partial charge in [-0.3, -0.25) is 0 Å². The van der Waals surface area contributed by atoms with Crippen molar-refractivity contribution in [3.05, 3.63) is 23.8 Å². The summed E-state index contributed by atoms with van der Waals surface area (Å²) in [5.74, 6) is -0.350. The van der Waals surface area contributed by atoms with Crippen LogP contribution >= 0.6 is 0 Å². The Balaban J connectivity index is 2.36. The van der Waals surface area contributed by atoms with Crippen molar-refractivity contribution >= 4 is 11.7 Å². The lowest BCUT2D eigenvalue weighted by Crippen LogP contribution is -2.18. The summed E-state index contributed by atoms with van der Waals surface area (Å²) in [5.41, 5.74) is 6.10. The van der Waals surface area contributed by atoms with Gasteiger partial charge in [0.2, 0.25) is 0 Å². The molecule has 0 aromatic heterocycles. The van der Waals surface area contributed by atoms with Crippen LogP contribution in [-0.4, -0.2) is 39.1 Å². The number of esters is 1. The summed E-state index contributed by atoms with van der Waals surface area (Å²) in [4.78, 5) is 11.8. The first-order chi connectivity index (χ1) is 9.83. The molecule has 8 heteroatoms. The van der Waals surface area contributed by atoms with Crippen molar-refractivity contribution in [1.29, 1.82) is 0 Å². The van der Waals surface area contributed by atoms with Crippen LogP contribution in [0.25, 0.3) is 0 Å². The summed E-state index contributed by atoms with van der Waals surface area (Å²) in [7, 11) is 1.40. The Morgan fingerprint density at radius 1 is 1.29 bits per heavy atom. The van der Waals surface area contributed by atoms with Gasteiger partial charge in [0, 0.05) is 12.1 Å². The topological polar surface area (TPSA) is 70.8 Å². The number of anilines is 1. The zero-order chi connectivity index (χ0) is 15.9. The number of halogens is 3. The standard InChI is InChI=1S/C13H16F3NO4/c1-19-11-4-3-9(17)7-10(11)12(18)21-6-2-5-20-8-13(14,15)16/h3-4,7H,2,5-6,8,17H2,1H3. The van der Waals surface area contributed by atoms with E-state index in [0.29, 0.717) is 11.4 Å². The highest BCUT2D eigenvalue weighted by molar-refractivity contribution is 5.93. The van der Waals surface area contributed by atoms with Gasteiger partial charge in [-0.25, -0.2) is 4.79 Å². The van der Waals surface area contributed by atoms with Gasteiger partial charge < -0.3 is 19.9 Å². The van der Waals surface area contributed by atoms with Crippen LogP contribution in [0.3, 0.4) is 0 Å². The largest absolute Gasteiger partial charge is 0.496 e. The molecule has 1 aromatic carbocycles. The molecule has 0 fully saturated rings. The van der Waals surface area contributed by atoms with E-state index in [-0.39, 0.29) is 25.2 Å². The van der Waals surface area contributed by atoms with Gasteiger partial charge in [0.15, 0.2) is 0 Å². The predicted octanol–water partition coefficient (Wildman–Crippen LogP) is 2.40. The molecular weight excluding hydrogens is 291 g/mol. The maximum Gasteiger partial charge on any atom is 0.411 e. The fourth-order valence-electron chi connectivity index (χ4n) is 1.48. The molecule has 0 spiro atoms. The Hall–Kier alpha value is -1.96. The Kier molecular flexibility index (Phi) is 6.29. The molecule has 0 saturated heterocycles. The molecule has 0 radical (unpaired) electrons. The normalized spacial score (nSPS) is 11.2. The maximum absolute atomic E-state index is 11.8. The molecule has 0 aliphatic heterocycles. The number of hydrogen-bond donors (Lipinski definition) is 1. The number of hydrogen-bond acceptors (Lipinski definition) is 5. The van der Waals surface area contributed by atoms with Crippen LogP contribution in [0.5, 0.6) is 5.75 Å². The smallest absolute Gasteiger partial charge is 0.411 e. The van der Waals surface area contributed by atoms with E-state index in [9.17, 15) is 18.0 Å². The lowest BCUT2D eigenvalue weighted by molar-refractivity contribution is -0.174. The minimum Gasteiger partial charge on any atom is -0.496 e. The summed E-state index contributed by atoms with van der Waals surface area (Å²) in [5, 5.41) is 0. The highest BCUT2D eigenvalue weighted by Crippen LogP contribution is 2.22. The van der Waals surface area contributed by atoms with Crippen LogP contribution in [0.4, 0.5) is 18.9 Å². The number of carbonyl (C=O) groups is 1. The highest BCUT2D eigenvalue weighted by atomic mass is 19.4. The number of alkyl halides is 3. The number of methoxy groups -OCH3 is 1. The van der Waals surface area contributed by atoms with E-state index in [4.69, 9.17) is 15.2 Å². The van der Waals surface area contributed by atoms with Gasteiger partial charge in [-0.1, -0.05) is 0 Å². The molecule has 5 nitrogen and oxygen atoms in total. The van der Waals surface area contributed by atoms with Gasteiger partial charge in [0.05, 0.1) is 20.3 Å². The zero-order valence-electron chi connectivity index (χ0n) is 11.4. The van der Waals surface area contributed by atoms with E-state index in [0.717, 1.165) is 0 Å². The van der Waals surface area contributed by atoms with Crippen molar-refractivity contribution < 1.29 is 32.2 Å². The molecule has 0 unspecified atom stereocenters. The summed E-state index contributed by atoms with van der Waals surface area (Å²) in [6.07, 6.45) is -4.20. The fraction of sp³-hybridized carbons (Fsp3) is 0.462. The zero-order valence-corrected chi connectivity index (χ0v) is 11.4. The van der Waals surface area contributed by atoms with Crippen LogP contribution in [0.2, 0.25) is 0 Å². The quantitative estimate of drug-likeness (QED) is 0.476. The first-order valence-electron chi connectivity index (χ1n) is 6.08. The number of benzene rings is 1. The second kappa shape index (κ2) is 7.72. The van der Waals surface area contributed by atoms with Crippen LogP contribution in [-0.2, 0) is 9.47 Å². The molecule has 0 saturated carbocycles. The Labute approximate surface area is 119 Å². The van der Waals surface area contributed by atoms with Gasteiger partial charge in [-0.05, 0) is 18.2 Å². The first-order valence-corrected chi connectivity index (χ1v) is 6.08. The molecular formula is C13H16F3NO4. The van der Waals surface area contributed by atoms with E-state index >= 15 is 0 Å². The average Bonchev–Trinajstić information content (AvgIpc) is 2.41. The van der Waals surface area contributed by atoms with Crippen LogP contribution in [0, 0.1) is 0 Å². The van der Waals surface area contributed by atoms with Crippen LogP contribution in [0.1, 0.15) is 16.8 Å². The molecule has 2 N–H and O–H groups in total. The van der Waals surface area contributed by atoms with E-state index in [1.54, 1.807) is 6.07 Å². The second-order valence-corrected chi connectivity index (χ2v) is 4.12. The SMILES string of the molecule is COc1ccc(N)cc1C(=O)OCCCOCC(F)(F)F. The molecule has 1 rings (SSSR count). The van der Waals surface area contributed by atoms with Crippen molar-refractivity contribution in [3.8, 4) is 5.75 Å². The van der Waals surface area contributed by atoms with Crippen molar-refractivity contribution in [2.45, 2.75) is 12.6 Å². The molecule has 21 heavy (non-hydrogen) atoms. The van der Waals surface area contributed by atoms with Crippen molar-refractivity contribution in [2.24, 2.45) is 0 Å². The molecule has 118 valence electrons. The monoisotopic (exact) mass is 307 g/mol. The van der Waals surface area contributed by atoms with E-state index in [2.05, 4.69) is 4.74 Å². The molecule has 0 heterocycles. The van der Waals surface area contributed by atoms with E-state index in [1.807, 2.05) is 0 Å². The molecule has 0 aliphatic carbocycles. The van der Waals surface area contributed by atoms with Crippen molar-refractivity contribution in [2.75, 3.05) is 32.7 Å². The molecule has 0 atom stereocenters. The molecule has 0 aliphatic rings. The van der Waals surface area contributed by atoms with Gasteiger partial charge in [-0.2, -0.15) is 13.2 Å². The van der Waals surface area contributed by atoms with Gasteiger partial charge in [-0.15, -0.1) is 0 Å². The van der Waals surface area contributed by atoms with Crippen LogP contribution < -0.4 is 10.5 Å². The average molecular weight is 307 g/mol. The van der Waals surface area contributed by atoms with Crippen molar-refractivity contribution in [3.63, 3.8) is 0 Å². The lowest BCUT2D eigenvalue weighted by Gasteiger charge is -2.10. The summed E-state index contributed by atoms with van der Waals surface area (Å²) >= 11 is 0. The minimum atomic E-state index is -4.36. The molecule has 1 aromatic rings. The summed E-state index contributed by atoms with van der Waals surface area (Å²) in [6, 6.07) is 4.50. The van der Waals surface area contributed by atoms with Crippen molar-refractivity contribution in [1.82, 2.24) is 0 Å². The molecule has 0 bridgehead atoms. The van der Waals surface area contributed by atoms with Gasteiger partial charge in [0.1, 0.15) is 17.9 Å². The third kappa shape index (κ3) is 6.35. The number of ether oxygens (including phenoxy) is 3. The number of carbonyl (C=O) groups excluding carboxylic acids is 1. The first kappa shape index (κ1) is 17.1. The number of nitrogen functional groups attached to an aromatic ring is 1. The van der Waals surface area contributed by atoms with Crippen LogP contribution in [0.15, 0.2) is 18.2 Å². The second-order valence-electron chi connectivity index (χ2n) is 4.12.